The smallest absolute Gasteiger partial charge is 0.133 e. The van der Waals surface area contributed by atoms with E-state index in [4.69, 9.17) is 4.74 Å². The Kier molecular flexibility index (Phi) is 3.91. The lowest BCUT2D eigenvalue weighted by Crippen LogP contribution is -2.00. The van der Waals surface area contributed by atoms with Crippen LogP contribution < -0.4 is 10.1 Å². The molecule has 2 rings (SSSR count). The fraction of sp³-hybridized carbons (Fsp3) is 0.308. The molecule has 0 aliphatic carbocycles. The zero-order chi connectivity index (χ0) is 13.1. The Bertz CT molecular complexity index is 551. The van der Waals surface area contributed by atoms with E-state index in [0.29, 0.717) is 0 Å². The summed E-state index contributed by atoms with van der Waals surface area (Å²) in [6.45, 7) is 2.75. The summed E-state index contributed by atoms with van der Waals surface area (Å²) in [5, 5.41) is 7.66. The zero-order valence-corrected chi connectivity index (χ0v) is 12.3. The zero-order valence-electron chi connectivity index (χ0n) is 10.7. The third-order valence-corrected chi connectivity index (χ3v) is 3.33. The largest absolute Gasteiger partial charge is 0.496 e. The van der Waals surface area contributed by atoms with Gasteiger partial charge in [-0.2, -0.15) is 5.10 Å². The summed E-state index contributed by atoms with van der Waals surface area (Å²) >= 11 is 3.48. The number of aryl methyl sites for hydroxylation is 2. The monoisotopic (exact) mass is 309 g/mol. The first-order chi connectivity index (χ1) is 8.60. The maximum absolute atomic E-state index is 5.20. The summed E-state index contributed by atoms with van der Waals surface area (Å²) in [6, 6.07) is 6.05. The predicted molar refractivity (Wildman–Crippen MR) is 76.0 cm³/mol. The number of nitrogens with zero attached hydrogens (tertiary/aromatic N) is 2. The molecule has 0 amide bonds. The van der Waals surface area contributed by atoms with Crippen molar-refractivity contribution in [3.63, 3.8) is 0 Å². The molecule has 0 radical (unpaired) electrons. The quantitative estimate of drug-likeness (QED) is 0.943. The number of ether oxygens (including phenoxy) is 1. The van der Waals surface area contributed by atoms with Crippen molar-refractivity contribution >= 4 is 21.6 Å². The van der Waals surface area contributed by atoms with Crippen LogP contribution in [0.4, 0.5) is 5.69 Å². The van der Waals surface area contributed by atoms with E-state index in [1.54, 1.807) is 7.11 Å². The van der Waals surface area contributed by atoms with Crippen LogP contribution in [0.15, 0.2) is 28.9 Å². The number of hydrogen-bond donors (Lipinski definition) is 1. The summed E-state index contributed by atoms with van der Waals surface area (Å²) in [6.07, 6.45) is 1.98. The topological polar surface area (TPSA) is 39.1 Å². The van der Waals surface area contributed by atoms with Crippen LogP contribution >= 0.6 is 15.9 Å². The molecular formula is C13H16BrN3O. The predicted octanol–water partition coefficient (Wildman–Crippen LogP) is 3.11. The van der Waals surface area contributed by atoms with Gasteiger partial charge in [-0.15, -0.1) is 0 Å². The van der Waals surface area contributed by atoms with Gasteiger partial charge in [-0.25, -0.2) is 0 Å². The van der Waals surface area contributed by atoms with Crippen LogP contribution in [0.1, 0.15) is 11.3 Å². The summed E-state index contributed by atoms with van der Waals surface area (Å²) < 4.78 is 7.98. The van der Waals surface area contributed by atoms with Gasteiger partial charge in [0.1, 0.15) is 5.75 Å². The van der Waals surface area contributed by atoms with Crippen molar-refractivity contribution in [2.24, 2.45) is 7.05 Å². The Hall–Kier alpha value is -1.49. The molecule has 0 unspecified atom stereocenters. The Balaban J connectivity index is 2.06. The number of benzene rings is 1. The van der Waals surface area contributed by atoms with Crippen LogP contribution in [0.2, 0.25) is 0 Å². The van der Waals surface area contributed by atoms with Crippen LogP contribution in [0.5, 0.6) is 5.75 Å². The van der Waals surface area contributed by atoms with Gasteiger partial charge in [0.15, 0.2) is 0 Å². The lowest BCUT2D eigenvalue weighted by atomic mass is 10.2. The number of rotatable bonds is 4. The summed E-state index contributed by atoms with van der Waals surface area (Å²) in [4.78, 5) is 0. The number of aromatic nitrogens is 2. The van der Waals surface area contributed by atoms with Gasteiger partial charge in [0.2, 0.25) is 0 Å². The molecule has 2 aromatic rings. The molecule has 1 aromatic carbocycles. The molecule has 1 heterocycles. The van der Waals surface area contributed by atoms with E-state index >= 15 is 0 Å². The van der Waals surface area contributed by atoms with Crippen molar-refractivity contribution in [1.29, 1.82) is 0 Å². The fourth-order valence-corrected chi connectivity index (χ4v) is 2.38. The van der Waals surface area contributed by atoms with Crippen molar-refractivity contribution in [2.45, 2.75) is 13.5 Å². The lowest BCUT2D eigenvalue weighted by molar-refractivity contribution is 0.412. The molecule has 0 fully saturated rings. The van der Waals surface area contributed by atoms with Gasteiger partial charge >= 0.3 is 0 Å². The van der Waals surface area contributed by atoms with Gasteiger partial charge in [-0.1, -0.05) is 6.07 Å². The summed E-state index contributed by atoms with van der Waals surface area (Å²) in [5.41, 5.74) is 3.25. The van der Waals surface area contributed by atoms with Crippen LogP contribution in [-0.4, -0.2) is 16.9 Å². The van der Waals surface area contributed by atoms with Gasteiger partial charge in [0.05, 0.1) is 23.0 Å². The molecule has 1 aromatic heterocycles. The molecule has 18 heavy (non-hydrogen) atoms. The summed E-state index contributed by atoms with van der Waals surface area (Å²) in [5.74, 6) is 0.844. The number of halogens is 1. The van der Waals surface area contributed by atoms with Crippen molar-refractivity contribution < 1.29 is 4.74 Å². The highest BCUT2D eigenvalue weighted by molar-refractivity contribution is 9.10. The second kappa shape index (κ2) is 5.44. The van der Waals surface area contributed by atoms with E-state index in [2.05, 4.69) is 32.4 Å². The molecule has 0 aliphatic rings. The van der Waals surface area contributed by atoms with Crippen molar-refractivity contribution in [2.75, 3.05) is 12.4 Å². The second-order valence-corrected chi connectivity index (χ2v) is 4.98. The maximum Gasteiger partial charge on any atom is 0.133 e. The van der Waals surface area contributed by atoms with Gasteiger partial charge in [0, 0.05) is 19.8 Å². The molecule has 0 saturated carbocycles. The minimum absolute atomic E-state index is 0.759. The first-order valence-corrected chi connectivity index (χ1v) is 6.46. The van der Waals surface area contributed by atoms with Crippen molar-refractivity contribution in [1.82, 2.24) is 9.78 Å². The number of methoxy groups -OCH3 is 1. The highest BCUT2D eigenvalue weighted by Gasteiger charge is 2.04. The molecule has 96 valence electrons. The Morgan fingerprint density at radius 1 is 1.44 bits per heavy atom. The van der Waals surface area contributed by atoms with Gasteiger partial charge < -0.3 is 10.1 Å². The highest BCUT2D eigenvalue weighted by Crippen LogP contribution is 2.26. The van der Waals surface area contributed by atoms with E-state index in [1.165, 1.54) is 5.56 Å². The molecule has 4 nitrogen and oxygen atoms in total. The number of hydrogen-bond acceptors (Lipinski definition) is 3. The Labute approximate surface area is 115 Å². The normalized spacial score (nSPS) is 10.4. The van der Waals surface area contributed by atoms with Crippen LogP contribution in [0.3, 0.4) is 0 Å². The lowest BCUT2D eigenvalue weighted by Gasteiger charge is -2.08. The minimum Gasteiger partial charge on any atom is -0.496 e. The number of nitrogens with one attached hydrogen (secondary N) is 1. The second-order valence-electron chi connectivity index (χ2n) is 4.12. The first-order valence-electron chi connectivity index (χ1n) is 5.66. The SMILES string of the molecule is COc1ccc(CNc2cn(C)nc2C)cc1Br. The van der Waals surface area contributed by atoms with Crippen molar-refractivity contribution in [3.8, 4) is 5.75 Å². The standard InChI is InChI=1S/C13H16BrN3O/c1-9-12(8-17(2)16-9)15-7-10-4-5-13(18-3)11(14)6-10/h4-6,8,15H,7H2,1-3H3. The van der Waals surface area contributed by atoms with E-state index in [9.17, 15) is 0 Å². The molecule has 5 heteroatoms. The third-order valence-electron chi connectivity index (χ3n) is 2.71. The average Bonchev–Trinajstić information content (AvgIpc) is 2.65. The molecule has 0 saturated heterocycles. The molecule has 0 bridgehead atoms. The van der Waals surface area contributed by atoms with Crippen LogP contribution in [0, 0.1) is 6.92 Å². The molecule has 0 spiro atoms. The van der Waals surface area contributed by atoms with E-state index in [-0.39, 0.29) is 0 Å². The van der Waals surface area contributed by atoms with Gasteiger partial charge in [-0.3, -0.25) is 4.68 Å². The molecule has 1 N–H and O–H groups in total. The number of anilines is 1. The molecule has 0 atom stereocenters. The van der Waals surface area contributed by atoms with E-state index in [1.807, 2.05) is 37.0 Å². The van der Waals surface area contributed by atoms with Crippen molar-refractivity contribution in [3.05, 3.63) is 40.1 Å². The fourth-order valence-electron chi connectivity index (χ4n) is 1.79. The first kappa shape index (κ1) is 13.0. The van der Waals surface area contributed by atoms with Gasteiger partial charge in [0.25, 0.3) is 0 Å². The minimum atomic E-state index is 0.759. The molecule has 0 aliphatic heterocycles. The average molecular weight is 310 g/mol. The van der Waals surface area contributed by atoms with E-state index < -0.39 is 0 Å². The van der Waals surface area contributed by atoms with E-state index in [0.717, 1.165) is 28.1 Å². The Morgan fingerprint density at radius 3 is 2.78 bits per heavy atom. The van der Waals surface area contributed by atoms with Gasteiger partial charge in [-0.05, 0) is 40.5 Å². The molecular weight excluding hydrogens is 294 g/mol. The highest BCUT2D eigenvalue weighted by atomic mass is 79.9. The van der Waals surface area contributed by atoms with Crippen LogP contribution in [-0.2, 0) is 13.6 Å². The third kappa shape index (κ3) is 2.85. The maximum atomic E-state index is 5.20. The Morgan fingerprint density at radius 2 is 2.22 bits per heavy atom. The summed E-state index contributed by atoms with van der Waals surface area (Å²) in [7, 11) is 3.58. The van der Waals surface area contributed by atoms with Crippen LogP contribution in [0.25, 0.3) is 0 Å².